The van der Waals surface area contributed by atoms with Crippen LogP contribution in [0.2, 0.25) is 0 Å². The number of hydrogen-bond acceptors (Lipinski definition) is 7. The van der Waals surface area contributed by atoms with Gasteiger partial charge in [-0.3, -0.25) is 0 Å². The molecule has 7 heteroatoms. The van der Waals surface area contributed by atoms with Crippen LogP contribution in [0.1, 0.15) is 18.1 Å². The second kappa shape index (κ2) is 10.9. The summed E-state index contributed by atoms with van der Waals surface area (Å²) in [6.07, 6.45) is 0. The van der Waals surface area contributed by atoms with E-state index in [-0.39, 0.29) is 0 Å². The van der Waals surface area contributed by atoms with Gasteiger partial charge in [0.1, 0.15) is 23.0 Å². The molecule has 3 N–H and O–H groups in total. The molecule has 0 saturated carbocycles. The largest absolute Gasteiger partial charge is 0.497 e. The van der Waals surface area contributed by atoms with E-state index in [1.54, 1.807) is 35.4 Å². The summed E-state index contributed by atoms with van der Waals surface area (Å²) in [5.41, 5.74) is 1.08. The lowest BCUT2D eigenvalue weighted by Crippen LogP contribution is -2.45. The molecular weight excluding hydrogens is 372 g/mol. The summed E-state index contributed by atoms with van der Waals surface area (Å²) >= 11 is 0. The lowest BCUT2D eigenvalue weighted by Gasteiger charge is -2.25. The van der Waals surface area contributed by atoms with E-state index in [4.69, 9.17) is 18.9 Å². The van der Waals surface area contributed by atoms with Crippen LogP contribution < -0.4 is 29.6 Å². The molecule has 29 heavy (non-hydrogen) atoms. The Kier molecular flexibility index (Phi) is 8.57. The average Bonchev–Trinajstić information content (AvgIpc) is 2.73. The first-order valence-electron chi connectivity index (χ1n) is 9.48. The van der Waals surface area contributed by atoms with Gasteiger partial charge in [-0.15, -0.1) is 0 Å². The third kappa shape index (κ3) is 6.81. The molecule has 2 aromatic carbocycles. The molecule has 7 nitrogen and oxygen atoms in total. The van der Waals surface area contributed by atoms with Crippen molar-refractivity contribution in [2.24, 2.45) is 0 Å². The normalized spacial score (nSPS) is 11.2. The third-order valence-corrected chi connectivity index (χ3v) is 4.63. The smallest absolute Gasteiger partial charge is 0.127 e. The van der Waals surface area contributed by atoms with E-state index in [0.29, 0.717) is 26.2 Å². The molecule has 0 saturated heterocycles. The van der Waals surface area contributed by atoms with Crippen molar-refractivity contribution in [3.8, 4) is 23.0 Å². The van der Waals surface area contributed by atoms with Crippen molar-refractivity contribution in [3.63, 3.8) is 0 Å². The van der Waals surface area contributed by atoms with Gasteiger partial charge in [0, 0.05) is 49.4 Å². The molecule has 0 spiro atoms. The highest BCUT2D eigenvalue weighted by Gasteiger charge is 2.20. The monoisotopic (exact) mass is 404 g/mol. The van der Waals surface area contributed by atoms with Crippen molar-refractivity contribution in [1.29, 1.82) is 0 Å². The van der Waals surface area contributed by atoms with Crippen LogP contribution in [-0.4, -0.2) is 52.2 Å². The number of nitrogens with one attached hydrogen (secondary N) is 2. The molecule has 0 aromatic heterocycles. The van der Waals surface area contributed by atoms with Crippen LogP contribution in [0.25, 0.3) is 0 Å². The van der Waals surface area contributed by atoms with Crippen LogP contribution in [0.3, 0.4) is 0 Å². The second-order valence-electron chi connectivity index (χ2n) is 7.06. The minimum absolute atomic E-state index is 0.426. The molecule has 160 valence electrons. The van der Waals surface area contributed by atoms with Crippen LogP contribution in [0.4, 0.5) is 0 Å². The molecule has 0 amide bonds. The topological polar surface area (TPSA) is 81.2 Å². The first-order valence-corrected chi connectivity index (χ1v) is 9.48. The minimum Gasteiger partial charge on any atom is -0.497 e. The van der Waals surface area contributed by atoms with Gasteiger partial charge in [-0.05, 0) is 19.1 Å². The van der Waals surface area contributed by atoms with Gasteiger partial charge in [-0.2, -0.15) is 0 Å². The van der Waals surface area contributed by atoms with Crippen LogP contribution >= 0.6 is 0 Å². The zero-order valence-electron chi connectivity index (χ0n) is 17.9. The zero-order chi connectivity index (χ0) is 21.3. The first kappa shape index (κ1) is 22.8. The Morgan fingerprint density at radius 2 is 1.14 bits per heavy atom. The van der Waals surface area contributed by atoms with Gasteiger partial charge in [0.2, 0.25) is 0 Å². The van der Waals surface area contributed by atoms with Gasteiger partial charge < -0.3 is 34.7 Å². The summed E-state index contributed by atoms with van der Waals surface area (Å²) in [6, 6.07) is 11.4. The van der Waals surface area contributed by atoms with Crippen molar-refractivity contribution in [3.05, 3.63) is 47.5 Å². The van der Waals surface area contributed by atoms with E-state index >= 15 is 0 Å². The molecule has 0 radical (unpaired) electrons. The quantitative estimate of drug-likeness (QED) is 0.501. The number of hydrogen-bond donors (Lipinski definition) is 3. The van der Waals surface area contributed by atoms with Gasteiger partial charge in [0.25, 0.3) is 0 Å². The van der Waals surface area contributed by atoms with Crippen LogP contribution in [0, 0.1) is 0 Å². The Hall–Kier alpha value is -2.48. The fraction of sp³-hybridized carbons (Fsp3) is 0.455. The minimum atomic E-state index is -0.917. The molecule has 0 aliphatic carbocycles. The van der Waals surface area contributed by atoms with E-state index in [1.165, 1.54) is 0 Å². The molecular formula is C22H32N2O5. The molecule has 2 aromatic rings. The van der Waals surface area contributed by atoms with E-state index in [0.717, 1.165) is 34.1 Å². The summed E-state index contributed by atoms with van der Waals surface area (Å²) in [6.45, 7) is 3.80. The van der Waals surface area contributed by atoms with Gasteiger partial charge in [0.15, 0.2) is 0 Å². The molecule has 0 atom stereocenters. The van der Waals surface area contributed by atoms with Gasteiger partial charge >= 0.3 is 0 Å². The molecule has 0 bridgehead atoms. The highest BCUT2D eigenvalue weighted by Crippen LogP contribution is 2.25. The molecule has 0 aliphatic rings. The highest BCUT2D eigenvalue weighted by molar-refractivity contribution is 5.41. The van der Waals surface area contributed by atoms with Crippen LogP contribution in [-0.2, 0) is 13.1 Å². The number of benzene rings is 2. The Morgan fingerprint density at radius 1 is 0.724 bits per heavy atom. The summed E-state index contributed by atoms with van der Waals surface area (Å²) in [5.74, 6) is 2.99. The van der Waals surface area contributed by atoms with Crippen molar-refractivity contribution in [2.75, 3.05) is 41.5 Å². The van der Waals surface area contributed by atoms with E-state index in [1.807, 2.05) is 36.4 Å². The molecule has 2 rings (SSSR count). The van der Waals surface area contributed by atoms with Gasteiger partial charge in [-0.1, -0.05) is 12.1 Å². The maximum atomic E-state index is 10.7. The third-order valence-electron chi connectivity index (χ3n) is 4.63. The highest BCUT2D eigenvalue weighted by atomic mass is 16.5. The fourth-order valence-corrected chi connectivity index (χ4v) is 2.99. The standard InChI is InChI=1S/C22H32N2O5/c1-22(25,14-23-12-16-6-8-18(26-2)10-20(16)28-4)15-24-13-17-7-9-19(27-3)11-21(17)29-5/h6-11,23-25H,12-15H2,1-5H3. The molecule has 0 aliphatic heterocycles. The van der Waals surface area contributed by atoms with Gasteiger partial charge in [0.05, 0.1) is 34.0 Å². The zero-order valence-corrected chi connectivity index (χ0v) is 17.9. The number of methoxy groups -OCH3 is 4. The van der Waals surface area contributed by atoms with Crippen molar-refractivity contribution < 1.29 is 24.1 Å². The molecule has 0 unspecified atom stereocenters. The SMILES string of the molecule is COc1ccc(CNCC(C)(O)CNCc2ccc(OC)cc2OC)c(OC)c1. The van der Waals surface area contributed by atoms with E-state index in [2.05, 4.69) is 10.6 Å². The lowest BCUT2D eigenvalue weighted by atomic mass is 10.1. The summed E-state index contributed by atoms with van der Waals surface area (Å²) < 4.78 is 21.2. The molecule has 0 fully saturated rings. The summed E-state index contributed by atoms with van der Waals surface area (Å²) in [7, 11) is 6.51. The molecule has 0 heterocycles. The predicted molar refractivity (Wildman–Crippen MR) is 113 cm³/mol. The Morgan fingerprint density at radius 3 is 1.48 bits per heavy atom. The van der Waals surface area contributed by atoms with Crippen molar-refractivity contribution in [1.82, 2.24) is 10.6 Å². The summed E-state index contributed by atoms with van der Waals surface area (Å²) in [4.78, 5) is 0. The fourth-order valence-electron chi connectivity index (χ4n) is 2.99. The maximum absolute atomic E-state index is 10.7. The Bertz CT molecular complexity index is 716. The lowest BCUT2D eigenvalue weighted by molar-refractivity contribution is 0.0587. The van der Waals surface area contributed by atoms with Crippen molar-refractivity contribution in [2.45, 2.75) is 25.6 Å². The number of aliphatic hydroxyl groups is 1. The van der Waals surface area contributed by atoms with E-state index in [9.17, 15) is 5.11 Å². The predicted octanol–water partition coefficient (Wildman–Crippen LogP) is 2.35. The summed E-state index contributed by atoms with van der Waals surface area (Å²) in [5, 5.41) is 17.2. The Balaban J connectivity index is 1.83. The first-order chi connectivity index (χ1) is 13.9. The number of rotatable bonds is 12. The number of ether oxygens (including phenoxy) is 4. The van der Waals surface area contributed by atoms with E-state index < -0.39 is 5.60 Å². The second-order valence-corrected chi connectivity index (χ2v) is 7.06. The van der Waals surface area contributed by atoms with Crippen molar-refractivity contribution >= 4 is 0 Å². The Labute approximate surface area is 172 Å². The van der Waals surface area contributed by atoms with Crippen LogP contribution in [0.15, 0.2) is 36.4 Å². The van der Waals surface area contributed by atoms with Gasteiger partial charge in [-0.25, -0.2) is 0 Å². The average molecular weight is 405 g/mol. The van der Waals surface area contributed by atoms with Crippen LogP contribution in [0.5, 0.6) is 23.0 Å². The maximum Gasteiger partial charge on any atom is 0.127 e.